The van der Waals surface area contributed by atoms with E-state index in [1.165, 1.54) is 0 Å². The first-order chi connectivity index (χ1) is 7.51. The molecule has 0 radical (unpaired) electrons. The molecule has 0 saturated carbocycles. The fraction of sp³-hybridized carbons (Fsp3) is 0.818. The van der Waals surface area contributed by atoms with Gasteiger partial charge in [0.25, 0.3) is 0 Å². The first-order valence-corrected chi connectivity index (χ1v) is 5.53. The number of aliphatic hydroxyl groups excluding tert-OH is 2. The van der Waals surface area contributed by atoms with Crippen LogP contribution in [0.3, 0.4) is 0 Å². The van der Waals surface area contributed by atoms with Crippen molar-refractivity contribution in [3.05, 3.63) is 0 Å². The molecule has 0 aromatic heterocycles. The SMILES string of the molecule is C=N[C@H]1C(C[C@H](O)CC)OC(=O)[C@H](C)[C@H]1O. The van der Waals surface area contributed by atoms with Crippen LogP contribution in [0.1, 0.15) is 26.7 Å². The Balaban J connectivity index is 2.74. The highest BCUT2D eigenvalue weighted by Gasteiger charge is 2.42. The van der Waals surface area contributed by atoms with Crippen molar-refractivity contribution in [2.75, 3.05) is 0 Å². The monoisotopic (exact) mass is 229 g/mol. The van der Waals surface area contributed by atoms with Crippen LogP contribution in [-0.2, 0) is 9.53 Å². The van der Waals surface area contributed by atoms with Gasteiger partial charge in [-0.1, -0.05) is 6.92 Å². The zero-order valence-electron chi connectivity index (χ0n) is 9.67. The number of carbonyl (C=O) groups excluding carboxylic acids is 1. The average Bonchev–Trinajstić information content (AvgIpc) is 2.26. The molecule has 1 aliphatic heterocycles. The third-order valence-electron chi connectivity index (χ3n) is 3.07. The van der Waals surface area contributed by atoms with E-state index in [-0.39, 0.29) is 6.42 Å². The van der Waals surface area contributed by atoms with Crippen LogP contribution in [0.15, 0.2) is 4.99 Å². The summed E-state index contributed by atoms with van der Waals surface area (Å²) in [5, 5.41) is 19.4. The molecule has 0 bridgehead atoms. The standard InChI is InChI=1S/C11H19NO4/c1-4-7(13)5-8-9(12-3)10(14)6(2)11(15)16-8/h6-10,13-14H,3-5H2,1-2H3/t6-,7-,8?,9+,10-/m1/s1. The molecule has 0 aromatic carbocycles. The predicted octanol–water partition coefficient (Wildman–Crippen LogP) is 0.139. The molecule has 0 spiro atoms. The first-order valence-electron chi connectivity index (χ1n) is 5.53. The van der Waals surface area contributed by atoms with Crippen LogP contribution in [0.25, 0.3) is 0 Å². The van der Waals surface area contributed by atoms with Gasteiger partial charge in [0.15, 0.2) is 0 Å². The van der Waals surface area contributed by atoms with Gasteiger partial charge in [0.05, 0.1) is 18.1 Å². The van der Waals surface area contributed by atoms with Crippen LogP contribution in [0.2, 0.25) is 0 Å². The number of esters is 1. The van der Waals surface area contributed by atoms with Crippen molar-refractivity contribution < 1.29 is 19.7 Å². The summed E-state index contributed by atoms with van der Waals surface area (Å²) >= 11 is 0. The molecule has 0 aromatic rings. The zero-order valence-corrected chi connectivity index (χ0v) is 9.67. The Morgan fingerprint density at radius 1 is 1.62 bits per heavy atom. The molecule has 0 aliphatic carbocycles. The number of hydrogen-bond acceptors (Lipinski definition) is 5. The van der Waals surface area contributed by atoms with E-state index < -0.39 is 36.2 Å². The van der Waals surface area contributed by atoms with Gasteiger partial charge in [-0.2, -0.15) is 0 Å². The third-order valence-corrected chi connectivity index (χ3v) is 3.07. The molecule has 5 atom stereocenters. The van der Waals surface area contributed by atoms with Crippen molar-refractivity contribution in [1.29, 1.82) is 0 Å². The molecule has 92 valence electrons. The van der Waals surface area contributed by atoms with Crippen LogP contribution in [0, 0.1) is 5.92 Å². The largest absolute Gasteiger partial charge is 0.460 e. The summed E-state index contributed by atoms with van der Waals surface area (Å²) in [6.07, 6.45) is -1.15. The molecule has 1 fully saturated rings. The quantitative estimate of drug-likeness (QED) is 0.531. The summed E-state index contributed by atoms with van der Waals surface area (Å²) in [5.74, 6) is -1.04. The lowest BCUT2D eigenvalue weighted by Crippen LogP contribution is -2.51. The maximum Gasteiger partial charge on any atom is 0.311 e. The third kappa shape index (κ3) is 2.59. The Bertz CT molecular complexity index is 269. The predicted molar refractivity (Wildman–Crippen MR) is 59.3 cm³/mol. The molecule has 5 heteroatoms. The number of carbonyl (C=O) groups is 1. The molecule has 2 N–H and O–H groups in total. The second-order valence-electron chi connectivity index (χ2n) is 4.23. The number of aliphatic imine (C=N–C) groups is 1. The summed E-state index contributed by atoms with van der Waals surface area (Å²) in [7, 11) is 0. The summed E-state index contributed by atoms with van der Waals surface area (Å²) in [6, 6.07) is -0.547. The molecule has 1 saturated heterocycles. The summed E-state index contributed by atoms with van der Waals surface area (Å²) in [4.78, 5) is 15.2. The van der Waals surface area contributed by atoms with E-state index in [0.717, 1.165) is 0 Å². The number of cyclic esters (lactones) is 1. The van der Waals surface area contributed by atoms with E-state index >= 15 is 0 Å². The maximum atomic E-state index is 11.4. The lowest BCUT2D eigenvalue weighted by molar-refractivity contribution is -0.173. The van der Waals surface area contributed by atoms with Crippen LogP contribution < -0.4 is 0 Å². The van der Waals surface area contributed by atoms with E-state index in [4.69, 9.17) is 4.74 Å². The molecule has 1 heterocycles. The number of rotatable bonds is 4. The average molecular weight is 229 g/mol. The fourth-order valence-corrected chi connectivity index (χ4v) is 1.83. The Morgan fingerprint density at radius 2 is 2.25 bits per heavy atom. The second-order valence-corrected chi connectivity index (χ2v) is 4.23. The highest BCUT2D eigenvalue weighted by Crippen LogP contribution is 2.26. The van der Waals surface area contributed by atoms with Gasteiger partial charge in [-0.25, -0.2) is 0 Å². The molecule has 1 aliphatic rings. The minimum Gasteiger partial charge on any atom is -0.460 e. The fourth-order valence-electron chi connectivity index (χ4n) is 1.83. The van der Waals surface area contributed by atoms with Crippen molar-refractivity contribution in [2.24, 2.45) is 10.9 Å². The smallest absolute Gasteiger partial charge is 0.311 e. The van der Waals surface area contributed by atoms with Gasteiger partial charge in [0, 0.05) is 6.42 Å². The van der Waals surface area contributed by atoms with E-state index in [2.05, 4.69) is 11.7 Å². The van der Waals surface area contributed by atoms with E-state index in [1.54, 1.807) is 6.92 Å². The molecular formula is C11H19NO4. The van der Waals surface area contributed by atoms with E-state index in [1.807, 2.05) is 6.92 Å². The molecular weight excluding hydrogens is 210 g/mol. The van der Waals surface area contributed by atoms with E-state index in [9.17, 15) is 15.0 Å². The number of ether oxygens (including phenoxy) is 1. The van der Waals surface area contributed by atoms with Crippen LogP contribution >= 0.6 is 0 Å². The molecule has 1 unspecified atom stereocenters. The van der Waals surface area contributed by atoms with Gasteiger partial charge in [0.2, 0.25) is 0 Å². The Morgan fingerprint density at radius 3 is 2.75 bits per heavy atom. The Kier molecular flexibility index (Phi) is 4.44. The summed E-state index contributed by atoms with van der Waals surface area (Å²) in [5.41, 5.74) is 0. The highest BCUT2D eigenvalue weighted by atomic mass is 16.6. The van der Waals surface area contributed by atoms with Gasteiger partial charge < -0.3 is 14.9 Å². The Labute approximate surface area is 95.1 Å². The topological polar surface area (TPSA) is 79.1 Å². The van der Waals surface area contributed by atoms with Crippen molar-refractivity contribution >= 4 is 12.7 Å². The van der Waals surface area contributed by atoms with Crippen molar-refractivity contribution in [3.63, 3.8) is 0 Å². The van der Waals surface area contributed by atoms with Crippen molar-refractivity contribution in [1.82, 2.24) is 0 Å². The van der Waals surface area contributed by atoms with Crippen molar-refractivity contribution in [2.45, 2.75) is 51.0 Å². The van der Waals surface area contributed by atoms with Crippen LogP contribution in [0.4, 0.5) is 0 Å². The van der Waals surface area contributed by atoms with E-state index in [0.29, 0.717) is 6.42 Å². The zero-order chi connectivity index (χ0) is 12.3. The number of nitrogens with zero attached hydrogens (tertiary/aromatic N) is 1. The normalized spacial score (nSPS) is 36.6. The first kappa shape index (κ1) is 13.1. The van der Waals surface area contributed by atoms with Crippen LogP contribution in [0.5, 0.6) is 0 Å². The summed E-state index contributed by atoms with van der Waals surface area (Å²) < 4.78 is 5.15. The van der Waals surface area contributed by atoms with Gasteiger partial charge in [-0.05, 0) is 20.1 Å². The molecule has 1 rings (SSSR count). The molecule has 5 nitrogen and oxygen atoms in total. The Hall–Kier alpha value is -0.940. The lowest BCUT2D eigenvalue weighted by atomic mass is 9.88. The molecule has 0 amide bonds. The lowest BCUT2D eigenvalue weighted by Gasteiger charge is -2.36. The second kappa shape index (κ2) is 5.41. The number of hydrogen-bond donors (Lipinski definition) is 2. The number of aliphatic hydroxyl groups is 2. The maximum absolute atomic E-state index is 11.4. The van der Waals surface area contributed by atoms with Gasteiger partial charge in [-0.3, -0.25) is 9.79 Å². The highest BCUT2D eigenvalue weighted by molar-refractivity contribution is 5.74. The summed E-state index contributed by atoms with van der Waals surface area (Å²) in [6.45, 7) is 6.83. The molecule has 16 heavy (non-hydrogen) atoms. The van der Waals surface area contributed by atoms with Crippen molar-refractivity contribution in [3.8, 4) is 0 Å². The van der Waals surface area contributed by atoms with Crippen LogP contribution in [-0.4, -0.2) is 47.3 Å². The van der Waals surface area contributed by atoms with Gasteiger partial charge in [0.1, 0.15) is 12.1 Å². The van der Waals surface area contributed by atoms with Gasteiger partial charge in [-0.15, -0.1) is 0 Å². The minimum absolute atomic E-state index is 0.287. The van der Waals surface area contributed by atoms with Gasteiger partial charge >= 0.3 is 5.97 Å². The minimum atomic E-state index is -0.882.